The quantitative estimate of drug-likeness (QED) is 0.657. The second-order valence-corrected chi connectivity index (χ2v) is 5.08. The van der Waals surface area contributed by atoms with Crippen molar-refractivity contribution in [2.24, 2.45) is 11.8 Å². The molecule has 0 radical (unpaired) electrons. The van der Waals surface area contributed by atoms with Crippen LogP contribution in [-0.2, 0) is 0 Å². The van der Waals surface area contributed by atoms with Crippen molar-refractivity contribution < 1.29 is 4.42 Å². The number of nitrogens with one attached hydrogen (secondary N) is 1. The van der Waals surface area contributed by atoms with E-state index in [1.807, 2.05) is 12.1 Å². The molecule has 3 N–H and O–H groups in total. The van der Waals surface area contributed by atoms with Crippen molar-refractivity contribution in [3.05, 3.63) is 59.0 Å². The minimum atomic E-state index is 0.0303. The van der Waals surface area contributed by atoms with Gasteiger partial charge >= 0.3 is 0 Å². The fourth-order valence-electron chi connectivity index (χ4n) is 2.58. The van der Waals surface area contributed by atoms with E-state index in [2.05, 4.69) is 29.7 Å². The topological polar surface area (TPSA) is 51.2 Å². The van der Waals surface area contributed by atoms with E-state index in [0.717, 1.165) is 12.2 Å². The van der Waals surface area contributed by atoms with Gasteiger partial charge in [0.25, 0.3) is 0 Å². The lowest BCUT2D eigenvalue weighted by molar-refractivity contribution is 0.384. The van der Waals surface area contributed by atoms with Crippen LogP contribution in [0.15, 0.2) is 46.9 Å². The Bertz CT molecular complexity index is 526. The van der Waals surface area contributed by atoms with Crippen LogP contribution in [0, 0.1) is 5.92 Å². The van der Waals surface area contributed by atoms with Gasteiger partial charge in [0, 0.05) is 0 Å². The molecule has 0 amide bonds. The molecule has 0 spiro atoms. The van der Waals surface area contributed by atoms with E-state index >= 15 is 0 Å². The predicted octanol–water partition coefficient (Wildman–Crippen LogP) is 3.24. The van der Waals surface area contributed by atoms with Crippen molar-refractivity contribution in [1.29, 1.82) is 0 Å². The highest BCUT2D eigenvalue weighted by Crippen LogP contribution is 2.54. The smallest absolute Gasteiger partial charge is 0.193 e. The van der Waals surface area contributed by atoms with Crippen LogP contribution < -0.4 is 11.3 Å². The molecule has 3 unspecified atom stereocenters. The van der Waals surface area contributed by atoms with Crippen molar-refractivity contribution in [2.45, 2.75) is 18.4 Å². The number of benzene rings is 1. The van der Waals surface area contributed by atoms with Gasteiger partial charge in [0.2, 0.25) is 0 Å². The summed E-state index contributed by atoms with van der Waals surface area (Å²) in [6, 6.07) is 14.2. The third-order valence-electron chi connectivity index (χ3n) is 3.58. The zero-order valence-electron chi connectivity index (χ0n) is 9.84. The monoisotopic (exact) mass is 262 g/mol. The van der Waals surface area contributed by atoms with Gasteiger partial charge in [-0.05, 0) is 47.6 Å². The van der Waals surface area contributed by atoms with Crippen molar-refractivity contribution in [3.63, 3.8) is 0 Å². The molecule has 1 aliphatic carbocycles. The largest absolute Gasteiger partial charge is 0.448 e. The molecule has 18 heavy (non-hydrogen) atoms. The van der Waals surface area contributed by atoms with Crippen LogP contribution in [0.4, 0.5) is 0 Å². The van der Waals surface area contributed by atoms with Gasteiger partial charge < -0.3 is 4.42 Å². The molecule has 1 aromatic heterocycles. The molecule has 94 valence electrons. The van der Waals surface area contributed by atoms with E-state index < -0.39 is 0 Å². The fourth-order valence-corrected chi connectivity index (χ4v) is 2.73. The van der Waals surface area contributed by atoms with E-state index in [0.29, 0.717) is 17.1 Å². The van der Waals surface area contributed by atoms with E-state index in [9.17, 15) is 0 Å². The van der Waals surface area contributed by atoms with Crippen LogP contribution in [0.5, 0.6) is 0 Å². The first kappa shape index (κ1) is 11.8. The Morgan fingerprint density at radius 3 is 2.61 bits per heavy atom. The maximum atomic E-state index is 5.80. The number of nitrogens with two attached hydrogens (primary N) is 1. The van der Waals surface area contributed by atoms with Gasteiger partial charge in [-0.1, -0.05) is 30.3 Å². The third kappa shape index (κ3) is 2.17. The number of rotatable bonds is 4. The van der Waals surface area contributed by atoms with Crippen LogP contribution in [0.2, 0.25) is 5.22 Å². The summed E-state index contributed by atoms with van der Waals surface area (Å²) in [5, 5.41) is 0.405. The van der Waals surface area contributed by atoms with Gasteiger partial charge in [-0.25, -0.2) is 5.43 Å². The maximum absolute atomic E-state index is 5.80. The van der Waals surface area contributed by atoms with Crippen LogP contribution in [0.25, 0.3) is 0 Å². The van der Waals surface area contributed by atoms with Gasteiger partial charge in [-0.2, -0.15) is 0 Å². The van der Waals surface area contributed by atoms with Gasteiger partial charge in [-0.3, -0.25) is 5.84 Å². The molecule has 0 bridgehead atoms. The van der Waals surface area contributed by atoms with Crippen LogP contribution >= 0.6 is 11.6 Å². The summed E-state index contributed by atoms with van der Waals surface area (Å²) in [5.41, 5.74) is 4.20. The van der Waals surface area contributed by atoms with Crippen LogP contribution in [0.1, 0.15) is 29.7 Å². The van der Waals surface area contributed by atoms with Gasteiger partial charge in [-0.15, -0.1) is 0 Å². The van der Waals surface area contributed by atoms with E-state index in [-0.39, 0.29) is 6.04 Å². The van der Waals surface area contributed by atoms with Crippen LogP contribution in [-0.4, -0.2) is 0 Å². The highest BCUT2D eigenvalue weighted by atomic mass is 35.5. The Morgan fingerprint density at radius 2 is 2.00 bits per heavy atom. The molecule has 2 aromatic rings. The normalized spacial score (nSPS) is 23.9. The van der Waals surface area contributed by atoms with Crippen molar-refractivity contribution in [1.82, 2.24) is 5.43 Å². The molecule has 3 rings (SSSR count). The molecule has 1 aliphatic rings. The Balaban J connectivity index is 1.76. The Hall–Kier alpha value is -1.29. The highest BCUT2D eigenvalue weighted by Gasteiger charge is 2.45. The number of hydrogen-bond donors (Lipinski definition) is 2. The fraction of sp³-hybridized carbons (Fsp3) is 0.286. The third-order valence-corrected chi connectivity index (χ3v) is 3.78. The van der Waals surface area contributed by atoms with Crippen molar-refractivity contribution >= 4 is 11.6 Å². The van der Waals surface area contributed by atoms with Crippen LogP contribution in [0.3, 0.4) is 0 Å². The van der Waals surface area contributed by atoms with E-state index in [4.69, 9.17) is 21.9 Å². The first-order valence-corrected chi connectivity index (χ1v) is 6.43. The zero-order chi connectivity index (χ0) is 12.5. The number of furan rings is 1. The van der Waals surface area contributed by atoms with Gasteiger partial charge in [0.05, 0.1) is 6.04 Å². The van der Waals surface area contributed by atoms with E-state index in [1.165, 1.54) is 5.56 Å². The summed E-state index contributed by atoms with van der Waals surface area (Å²) in [5.74, 6) is 7.48. The second-order valence-electron chi connectivity index (χ2n) is 4.70. The lowest BCUT2D eigenvalue weighted by Gasteiger charge is -2.13. The summed E-state index contributed by atoms with van der Waals surface area (Å²) in [6.07, 6.45) is 1.12. The first-order chi connectivity index (χ1) is 8.79. The summed E-state index contributed by atoms with van der Waals surface area (Å²) in [6.45, 7) is 0. The second kappa shape index (κ2) is 4.76. The minimum Gasteiger partial charge on any atom is -0.448 e. The molecule has 3 atom stereocenters. The molecule has 1 fully saturated rings. The summed E-state index contributed by atoms with van der Waals surface area (Å²) >= 11 is 5.80. The average molecular weight is 263 g/mol. The lowest BCUT2D eigenvalue weighted by Crippen LogP contribution is -2.29. The minimum absolute atomic E-state index is 0.0303. The molecule has 0 saturated heterocycles. The Kier molecular flexibility index (Phi) is 3.12. The van der Waals surface area contributed by atoms with Crippen molar-refractivity contribution in [2.75, 3.05) is 0 Å². The Labute approximate surface area is 111 Å². The molecule has 1 saturated carbocycles. The molecular weight excluding hydrogens is 248 g/mol. The average Bonchev–Trinajstić information content (AvgIpc) is 3.07. The van der Waals surface area contributed by atoms with E-state index in [1.54, 1.807) is 6.07 Å². The summed E-state index contributed by atoms with van der Waals surface area (Å²) in [7, 11) is 0. The summed E-state index contributed by atoms with van der Waals surface area (Å²) < 4.78 is 5.44. The number of hydrogen-bond acceptors (Lipinski definition) is 3. The molecule has 3 nitrogen and oxygen atoms in total. The summed E-state index contributed by atoms with van der Waals surface area (Å²) in [4.78, 5) is 0. The van der Waals surface area contributed by atoms with Gasteiger partial charge in [0.1, 0.15) is 5.76 Å². The lowest BCUT2D eigenvalue weighted by atomic mass is 10.0. The van der Waals surface area contributed by atoms with Gasteiger partial charge in [0.15, 0.2) is 5.22 Å². The van der Waals surface area contributed by atoms with Crippen molar-refractivity contribution in [3.8, 4) is 0 Å². The molecule has 0 aliphatic heterocycles. The number of hydrazine groups is 1. The predicted molar refractivity (Wildman–Crippen MR) is 71.1 cm³/mol. The molecule has 1 aromatic carbocycles. The maximum Gasteiger partial charge on any atom is 0.193 e. The highest BCUT2D eigenvalue weighted by molar-refractivity contribution is 6.28. The molecular formula is C14H15ClN2O. The molecule has 1 heterocycles. The zero-order valence-corrected chi connectivity index (χ0v) is 10.6. The Morgan fingerprint density at radius 1 is 1.22 bits per heavy atom. The standard InChI is InChI=1S/C14H15ClN2O/c15-13-7-6-12(18-13)14(17-16)11-8-10(11)9-4-2-1-3-5-9/h1-7,10-11,14,17H,8,16H2. The molecule has 4 heteroatoms. The number of halogens is 1. The SMILES string of the molecule is NNC(c1ccc(Cl)o1)C1CC1c1ccccc1. The first-order valence-electron chi connectivity index (χ1n) is 6.06.